The molecule has 0 atom stereocenters. The van der Waals surface area contributed by atoms with E-state index in [1.807, 2.05) is 14.1 Å². The number of nitrogen functional groups attached to an aromatic ring is 1. The molecule has 18 heavy (non-hydrogen) atoms. The van der Waals surface area contributed by atoms with Gasteiger partial charge in [0.1, 0.15) is 0 Å². The van der Waals surface area contributed by atoms with Gasteiger partial charge in [-0.05, 0) is 67.6 Å². The first-order chi connectivity index (χ1) is 8.50. The molecule has 0 aliphatic carbocycles. The minimum Gasteiger partial charge on any atom is -0.398 e. The number of rotatable bonds is 6. The summed E-state index contributed by atoms with van der Waals surface area (Å²) in [4.78, 5) is 13.9. The van der Waals surface area contributed by atoms with E-state index >= 15 is 0 Å². The molecule has 1 rings (SSSR count). The molecule has 0 radical (unpaired) electrons. The summed E-state index contributed by atoms with van der Waals surface area (Å²) in [7, 11) is 4.09. The maximum absolute atomic E-state index is 11.8. The number of halogens is 1. The summed E-state index contributed by atoms with van der Waals surface area (Å²) in [5.41, 5.74) is 6.91. The van der Waals surface area contributed by atoms with E-state index in [0.717, 1.165) is 23.9 Å². The first-order valence-electron chi connectivity index (χ1n) is 5.98. The number of hydrogen-bond donors (Lipinski definition) is 2. The summed E-state index contributed by atoms with van der Waals surface area (Å²) in [6, 6.07) is 5.23. The predicted octanol–water partition coefficient (Wildman–Crippen LogP) is 2.10. The summed E-state index contributed by atoms with van der Waals surface area (Å²) in [5.74, 6) is -0.0703. The van der Waals surface area contributed by atoms with Gasteiger partial charge in [0.15, 0.2) is 0 Å². The van der Waals surface area contributed by atoms with Gasteiger partial charge in [0.05, 0.1) is 0 Å². The number of carbonyl (C=O) groups is 1. The third-order valence-corrected chi connectivity index (χ3v) is 3.30. The fraction of sp³-hybridized carbons (Fsp3) is 0.462. The molecule has 0 bridgehead atoms. The Bertz CT molecular complexity index is 407. The SMILES string of the molecule is CN(C)CCCCNC(=O)c1ccc(Br)c(N)c1. The summed E-state index contributed by atoms with van der Waals surface area (Å²) in [6.07, 6.45) is 2.06. The minimum absolute atomic E-state index is 0.0703. The number of benzene rings is 1. The molecular weight excluding hydrogens is 294 g/mol. The Kier molecular flexibility index (Phi) is 6.15. The Balaban J connectivity index is 2.34. The third kappa shape index (κ3) is 5.06. The first-order valence-corrected chi connectivity index (χ1v) is 6.78. The number of nitrogens with two attached hydrogens (primary N) is 1. The first kappa shape index (κ1) is 15.0. The molecular formula is C13H20BrN3O. The van der Waals surface area contributed by atoms with E-state index in [2.05, 4.69) is 26.1 Å². The number of nitrogens with zero attached hydrogens (tertiary/aromatic N) is 1. The number of nitrogens with one attached hydrogen (secondary N) is 1. The van der Waals surface area contributed by atoms with Crippen molar-refractivity contribution in [3.05, 3.63) is 28.2 Å². The zero-order chi connectivity index (χ0) is 13.5. The molecule has 5 heteroatoms. The topological polar surface area (TPSA) is 58.4 Å². The van der Waals surface area contributed by atoms with Crippen molar-refractivity contribution in [2.75, 3.05) is 32.9 Å². The van der Waals surface area contributed by atoms with Crippen molar-refractivity contribution in [3.8, 4) is 0 Å². The summed E-state index contributed by atoms with van der Waals surface area (Å²) < 4.78 is 0.810. The third-order valence-electron chi connectivity index (χ3n) is 2.58. The molecule has 0 unspecified atom stereocenters. The van der Waals surface area contributed by atoms with E-state index < -0.39 is 0 Å². The van der Waals surface area contributed by atoms with Gasteiger partial charge in [0, 0.05) is 22.3 Å². The highest BCUT2D eigenvalue weighted by Gasteiger charge is 2.06. The average Bonchev–Trinajstić information content (AvgIpc) is 2.31. The highest BCUT2D eigenvalue weighted by Crippen LogP contribution is 2.20. The molecule has 0 aliphatic rings. The van der Waals surface area contributed by atoms with Gasteiger partial charge in [-0.1, -0.05) is 0 Å². The van der Waals surface area contributed by atoms with Gasteiger partial charge in [-0.25, -0.2) is 0 Å². The second-order valence-corrected chi connectivity index (χ2v) is 5.36. The zero-order valence-corrected chi connectivity index (χ0v) is 12.5. The fourth-order valence-electron chi connectivity index (χ4n) is 1.54. The number of hydrogen-bond acceptors (Lipinski definition) is 3. The van der Waals surface area contributed by atoms with Crippen LogP contribution in [0.5, 0.6) is 0 Å². The number of anilines is 1. The Morgan fingerprint density at radius 1 is 1.39 bits per heavy atom. The van der Waals surface area contributed by atoms with E-state index in [-0.39, 0.29) is 5.91 Å². The van der Waals surface area contributed by atoms with Crippen LogP contribution >= 0.6 is 15.9 Å². The maximum Gasteiger partial charge on any atom is 0.251 e. The summed E-state index contributed by atoms with van der Waals surface area (Å²) >= 11 is 3.30. The van der Waals surface area contributed by atoms with E-state index in [4.69, 9.17) is 5.73 Å². The van der Waals surface area contributed by atoms with Crippen LogP contribution in [0.25, 0.3) is 0 Å². The van der Waals surface area contributed by atoms with Gasteiger partial charge in [-0.2, -0.15) is 0 Å². The number of amides is 1. The predicted molar refractivity (Wildman–Crippen MR) is 78.7 cm³/mol. The molecule has 100 valence electrons. The molecule has 0 aliphatic heterocycles. The molecule has 4 nitrogen and oxygen atoms in total. The van der Waals surface area contributed by atoms with E-state index in [0.29, 0.717) is 17.8 Å². The van der Waals surface area contributed by atoms with Gasteiger partial charge < -0.3 is 16.0 Å². The Morgan fingerprint density at radius 2 is 2.11 bits per heavy atom. The Morgan fingerprint density at radius 3 is 2.72 bits per heavy atom. The molecule has 1 aromatic carbocycles. The van der Waals surface area contributed by atoms with Crippen molar-refractivity contribution < 1.29 is 4.79 Å². The van der Waals surface area contributed by atoms with Crippen LogP contribution in [0, 0.1) is 0 Å². The van der Waals surface area contributed by atoms with Crippen molar-refractivity contribution in [1.82, 2.24) is 10.2 Å². The van der Waals surface area contributed by atoms with Gasteiger partial charge >= 0.3 is 0 Å². The molecule has 3 N–H and O–H groups in total. The van der Waals surface area contributed by atoms with Crippen LogP contribution in [0.15, 0.2) is 22.7 Å². The van der Waals surface area contributed by atoms with Crippen molar-refractivity contribution in [3.63, 3.8) is 0 Å². The van der Waals surface area contributed by atoms with Crippen LogP contribution < -0.4 is 11.1 Å². The van der Waals surface area contributed by atoms with Crippen LogP contribution in [0.4, 0.5) is 5.69 Å². The monoisotopic (exact) mass is 313 g/mol. The number of unbranched alkanes of at least 4 members (excludes halogenated alkanes) is 1. The van der Waals surface area contributed by atoms with E-state index in [9.17, 15) is 4.79 Å². The second kappa shape index (κ2) is 7.38. The largest absolute Gasteiger partial charge is 0.398 e. The van der Waals surface area contributed by atoms with Gasteiger partial charge in [-0.3, -0.25) is 4.79 Å². The van der Waals surface area contributed by atoms with E-state index in [1.54, 1.807) is 18.2 Å². The highest BCUT2D eigenvalue weighted by atomic mass is 79.9. The molecule has 1 aromatic rings. The van der Waals surface area contributed by atoms with Crippen LogP contribution in [-0.4, -0.2) is 38.0 Å². The Labute approximate surface area is 117 Å². The standard InChI is InChI=1S/C13H20BrN3O/c1-17(2)8-4-3-7-16-13(18)10-5-6-11(14)12(15)9-10/h5-6,9H,3-4,7-8,15H2,1-2H3,(H,16,18). The maximum atomic E-state index is 11.8. The second-order valence-electron chi connectivity index (χ2n) is 4.50. The molecule has 0 fully saturated rings. The normalized spacial score (nSPS) is 10.7. The molecule has 0 saturated heterocycles. The van der Waals surface area contributed by atoms with Crippen molar-refractivity contribution in [1.29, 1.82) is 0 Å². The van der Waals surface area contributed by atoms with Crippen LogP contribution in [-0.2, 0) is 0 Å². The van der Waals surface area contributed by atoms with Crippen molar-refractivity contribution in [2.24, 2.45) is 0 Å². The smallest absolute Gasteiger partial charge is 0.251 e. The lowest BCUT2D eigenvalue weighted by molar-refractivity contribution is 0.0953. The lowest BCUT2D eigenvalue weighted by Crippen LogP contribution is -2.25. The van der Waals surface area contributed by atoms with E-state index in [1.165, 1.54) is 0 Å². The lowest BCUT2D eigenvalue weighted by atomic mass is 10.2. The quantitative estimate of drug-likeness (QED) is 0.624. The molecule has 0 spiro atoms. The molecule has 0 heterocycles. The summed E-state index contributed by atoms with van der Waals surface area (Å²) in [6.45, 7) is 1.74. The average molecular weight is 314 g/mol. The van der Waals surface area contributed by atoms with Gasteiger partial charge in [0.25, 0.3) is 5.91 Å². The fourth-order valence-corrected chi connectivity index (χ4v) is 1.79. The number of carbonyl (C=O) groups excluding carboxylic acids is 1. The molecule has 1 amide bonds. The zero-order valence-electron chi connectivity index (χ0n) is 10.9. The Hall–Kier alpha value is -1.07. The van der Waals surface area contributed by atoms with Crippen LogP contribution in [0.1, 0.15) is 23.2 Å². The minimum atomic E-state index is -0.0703. The highest BCUT2D eigenvalue weighted by molar-refractivity contribution is 9.10. The molecule has 0 aromatic heterocycles. The lowest BCUT2D eigenvalue weighted by Gasteiger charge is -2.09. The van der Waals surface area contributed by atoms with Crippen molar-refractivity contribution >= 4 is 27.5 Å². The summed E-state index contributed by atoms with van der Waals surface area (Å²) in [5, 5.41) is 2.89. The van der Waals surface area contributed by atoms with Gasteiger partial charge in [-0.15, -0.1) is 0 Å². The van der Waals surface area contributed by atoms with Crippen LogP contribution in [0.2, 0.25) is 0 Å². The van der Waals surface area contributed by atoms with Crippen LogP contribution in [0.3, 0.4) is 0 Å². The van der Waals surface area contributed by atoms with Crippen molar-refractivity contribution in [2.45, 2.75) is 12.8 Å². The molecule has 0 saturated carbocycles. The van der Waals surface area contributed by atoms with Gasteiger partial charge in [0.2, 0.25) is 0 Å².